The number of fused-ring (bicyclic) bond motifs is 1. The molecule has 0 saturated carbocycles. The van der Waals surface area contributed by atoms with Crippen molar-refractivity contribution in [3.63, 3.8) is 0 Å². The summed E-state index contributed by atoms with van der Waals surface area (Å²) >= 11 is 2.10. The zero-order valence-corrected chi connectivity index (χ0v) is 14.2. The zero-order chi connectivity index (χ0) is 15.5. The van der Waals surface area contributed by atoms with Gasteiger partial charge in [-0.15, -0.1) is 10.2 Å². The number of phenolic OH excluding ortho intramolecular Hbond substituents is 1. The topological polar surface area (TPSA) is 76.3 Å². The second kappa shape index (κ2) is 6.49. The Morgan fingerprint density at radius 1 is 1.27 bits per heavy atom. The molecule has 0 unspecified atom stereocenters. The number of rotatable bonds is 5. The Kier molecular flexibility index (Phi) is 4.44. The number of aromatic nitrogens is 3. The fraction of sp³-hybridized carbons (Fsp3) is 0.200. The number of methoxy groups -OCH3 is 1. The second-order valence-electron chi connectivity index (χ2n) is 4.87. The number of nitrogens with zero attached hydrogens (tertiary/aromatic N) is 3. The lowest BCUT2D eigenvalue weighted by Gasteiger charge is -2.08. The van der Waals surface area contributed by atoms with Crippen LogP contribution in [0.15, 0.2) is 36.5 Å². The summed E-state index contributed by atoms with van der Waals surface area (Å²) < 4.78 is 7.95. The number of nitrogens with two attached hydrogens (primary N) is 1. The van der Waals surface area contributed by atoms with Gasteiger partial charge in [0.15, 0.2) is 23.0 Å². The summed E-state index contributed by atoms with van der Waals surface area (Å²) in [6.07, 6.45) is 1.96. The zero-order valence-electron chi connectivity index (χ0n) is 12.0. The molecule has 0 amide bonds. The quantitative estimate of drug-likeness (QED) is 0.621. The summed E-state index contributed by atoms with van der Waals surface area (Å²) in [6, 6.07) is 9.66. The molecule has 6 nitrogen and oxygen atoms in total. The predicted molar refractivity (Wildman–Crippen MR) is 89.7 cm³/mol. The van der Waals surface area contributed by atoms with E-state index >= 15 is 0 Å². The van der Waals surface area contributed by atoms with Crippen molar-refractivity contribution in [3.05, 3.63) is 51.5 Å². The smallest absolute Gasteiger partial charge is 0.192 e. The molecule has 0 aliphatic rings. The van der Waals surface area contributed by atoms with Crippen molar-refractivity contribution in [1.82, 2.24) is 14.6 Å². The first-order valence-corrected chi connectivity index (χ1v) is 7.92. The molecule has 0 spiro atoms. The van der Waals surface area contributed by atoms with E-state index in [0.717, 1.165) is 33.7 Å². The van der Waals surface area contributed by atoms with Gasteiger partial charge in [0.25, 0.3) is 0 Å². The molecular formula is C15H16IN4O2+. The monoisotopic (exact) mass is 411 g/mol. The van der Waals surface area contributed by atoms with Gasteiger partial charge >= 0.3 is 0 Å². The molecule has 3 rings (SSSR count). The van der Waals surface area contributed by atoms with Gasteiger partial charge in [0.2, 0.25) is 0 Å². The third kappa shape index (κ3) is 3.00. The van der Waals surface area contributed by atoms with E-state index in [1.807, 2.05) is 40.9 Å². The van der Waals surface area contributed by atoms with E-state index in [2.05, 4.69) is 38.1 Å². The average molecular weight is 411 g/mol. The van der Waals surface area contributed by atoms with Gasteiger partial charge in [-0.05, 0) is 46.9 Å². The molecule has 0 saturated heterocycles. The predicted octanol–water partition coefficient (Wildman–Crippen LogP) is 1.31. The molecule has 3 N–H and O–H groups in total. The molecular weight excluding hydrogens is 395 g/mol. The fourth-order valence-electron chi connectivity index (χ4n) is 2.30. The number of aromatic hydroxyl groups is 1. The molecule has 2 heterocycles. The third-order valence-corrected chi connectivity index (χ3v) is 4.22. The number of phenols is 1. The SMILES string of the molecule is COc1cc(C[NH2+]Cc2nnc3ccccn23)cc(I)c1O. The fourth-order valence-corrected chi connectivity index (χ4v) is 2.96. The largest absolute Gasteiger partial charge is 0.504 e. The van der Waals surface area contributed by atoms with E-state index in [1.165, 1.54) is 0 Å². The van der Waals surface area contributed by atoms with Crippen LogP contribution in [-0.4, -0.2) is 26.8 Å². The maximum atomic E-state index is 9.85. The van der Waals surface area contributed by atoms with Crippen LogP contribution in [0.25, 0.3) is 5.65 Å². The van der Waals surface area contributed by atoms with Crippen molar-refractivity contribution in [1.29, 1.82) is 0 Å². The first-order chi connectivity index (χ1) is 10.7. The van der Waals surface area contributed by atoms with Gasteiger partial charge in [-0.3, -0.25) is 4.40 Å². The number of benzene rings is 1. The lowest BCUT2D eigenvalue weighted by molar-refractivity contribution is -0.687. The van der Waals surface area contributed by atoms with E-state index in [0.29, 0.717) is 5.75 Å². The molecule has 0 aliphatic carbocycles. The van der Waals surface area contributed by atoms with Crippen LogP contribution in [0.1, 0.15) is 11.4 Å². The van der Waals surface area contributed by atoms with E-state index in [9.17, 15) is 5.11 Å². The first kappa shape index (κ1) is 15.0. The van der Waals surface area contributed by atoms with Gasteiger partial charge < -0.3 is 15.2 Å². The molecule has 2 aromatic heterocycles. The molecule has 0 aliphatic heterocycles. The van der Waals surface area contributed by atoms with Crippen LogP contribution in [0.2, 0.25) is 0 Å². The summed E-state index contributed by atoms with van der Waals surface area (Å²) in [5.41, 5.74) is 1.94. The highest BCUT2D eigenvalue weighted by atomic mass is 127. The maximum absolute atomic E-state index is 9.85. The molecule has 0 atom stereocenters. The average Bonchev–Trinajstić information content (AvgIpc) is 2.94. The molecule has 1 aromatic carbocycles. The van der Waals surface area contributed by atoms with Crippen molar-refractivity contribution in [2.45, 2.75) is 13.1 Å². The van der Waals surface area contributed by atoms with Crippen molar-refractivity contribution in [2.75, 3.05) is 7.11 Å². The van der Waals surface area contributed by atoms with Crippen LogP contribution in [0, 0.1) is 3.57 Å². The van der Waals surface area contributed by atoms with Gasteiger partial charge in [-0.2, -0.15) is 0 Å². The summed E-state index contributed by atoms with van der Waals surface area (Å²) in [6.45, 7) is 1.50. The first-order valence-electron chi connectivity index (χ1n) is 6.84. The molecule has 114 valence electrons. The van der Waals surface area contributed by atoms with E-state index in [-0.39, 0.29) is 5.75 Å². The number of hydrogen-bond donors (Lipinski definition) is 2. The van der Waals surface area contributed by atoms with Crippen LogP contribution in [0.4, 0.5) is 0 Å². The van der Waals surface area contributed by atoms with Gasteiger partial charge in [-0.25, -0.2) is 0 Å². The number of hydrogen-bond acceptors (Lipinski definition) is 4. The number of ether oxygens (including phenoxy) is 1. The Balaban J connectivity index is 1.69. The highest BCUT2D eigenvalue weighted by Gasteiger charge is 2.10. The summed E-state index contributed by atoms with van der Waals surface area (Å²) in [5, 5.41) is 20.3. The highest BCUT2D eigenvalue weighted by molar-refractivity contribution is 14.1. The van der Waals surface area contributed by atoms with Gasteiger partial charge in [0.05, 0.1) is 10.7 Å². The minimum atomic E-state index is 0.190. The minimum absolute atomic E-state index is 0.190. The lowest BCUT2D eigenvalue weighted by Crippen LogP contribution is -2.81. The number of halogens is 1. The Morgan fingerprint density at radius 2 is 2.14 bits per heavy atom. The molecule has 0 fully saturated rings. The second-order valence-corrected chi connectivity index (χ2v) is 6.03. The molecule has 0 radical (unpaired) electrons. The summed E-state index contributed by atoms with van der Waals surface area (Å²) in [5.74, 6) is 1.61. The molecule has 0 bridgehead atoms. The minimum Gasteiger partial charge on any atom is -0.504 e. The lowest BCUT2D eigenvalue weighted by atomic mass is 10.2. The van der Waals surface area contributed by atoms with E-state index < -0.39 is 0 Å². The molecule has 22 heavy (non-hydrogen) atoms. The Hall–Kier alpha value is -1.87. The van der Waals surface area contributed by atoms with E-state index in [4.69, 9.17) is 4.74 Å². The van der Waals surface area contributed by atoms with Gasteiger partial charge in [0.1, 0.15) is 13.1 Å². The third-order valence-electron chi connectivity index (χ3n) is 3.40. The summed E-state index contributed by atoms with van der Waals surface area (Å²) in [4.78, 5) is 0. The van der Waals surface area contributed by atoms with Crippen LogP contribution < -0.4 is 10.1 Å². The van der Waals surface area contributed by atoms with Crippen LogP contribution in [0.3, 0.4) is 0 Å². The van der Waals surface area contributed by atoms with Gasteiger partial charge in [-0.1, -0.05) is 6.07 Å². The highest BCUT2D eigenvalue weighted by Crippen LogP contribution is 2.32. The van der Waals surface area contributed by atoms with Crippen molar-refractivity contribution in [2.24, 2.45) is 0 Å². The number of quaternary nitrogens is 1. The molecule has 3 aromatic rings. The van der Waals surface area contributed by atoms with E-state index in [1.54, 1.807) is 7.11 Å². The normalized spacial score (nSPS) is 11.0. The van der Waals surface area contributed by atoms with Crippen molar-refractivity contribution in [3.8, 4) is 11.5 Å². The Morgan fingerprint density at radius 3 is 2.95 bits per heavy atom. The van der Waals surface area contributed by atoms with Crippen molar-refractivity contribution >= 4 is 28.2 Å². The standard InChI is InChI=1S/C15H15IN4O2/c1-22-12-7-10(6-11(16)15(12)21)8-17-9-14-19-18-13-4-2-3-5-20(13)14/h2-7,17,21H,8-9H2,1H3/p+1. The summed E-state index contributed by atoms with van der Waals surface area (Å²) in [7, 11) is 1.56. The molecule has 7 heteroatoms. The number of pyridine rings is 1. The Bertz CT molecular complexity index is 803. The van der Waals surface area contributed by atoms with Crippen molar-refractivity contribution < 1.29 is 15.2 Å². The Labute approximate surface area is 141 Å². The van der Waals surface area contributed by atoms with Crippen LogP contribution >= 0.6 is 22.6 Å². The van der Waals surface area contributed by atoms with Crippen LogP contribution in [0.5, 0.6) is 11.5 Å². The maximum Gasteiger partial charge on any atom is 0.192 e. The van der Waals surface area contributed by atoms with Gasteiger partial charge in [0, 0.05) is 11.8 Å². The van der Waals surface area contributed by atoms with Crippen LogP contribution in [-0.2, 0) is 13.1 Å².